The van der Waals surface area contributed by atoms with Crippen LogP contribution >= 0.6 is 0 Å². The molecule has 198 valence electrons. The standard InChI is InChI=1S/C26H29NO10/c1-12(2)8-15(27-25(34)37-26(3,4)5)24(33)36-23-21(32)20-18(31)10-14(28)11-19(20)35-22(23)13-6-7-16(29)17(30)9-13/h6-7,9-12,15,28-31H,8H2,1-5H3,(H,27,34)/t15-/m1/s1. The van der Waals surface area contributed by atoms with E-state index < -0.39 is 57.9 Å². The molecule has 0 aliphatic carbocycles. The lowest BCUT2D eigenvalue weighted by molar-refractivity contribution is -0.137. The summed E-state index contributed by atoms with van der Waals surface area (Å²) in [5.74, 6) is -4.03. The first kappa shape index (κ1) is 27.2. The van der Waals surface area contributed by atoms with Crippen molar-refractivity contribution in [3.8, 4) is 40.1 Å². The third-order valence-electron chi connectivity index (χ3n) is 5.04. The first-order valence-corrected chi connectivity index (χ1v) is 11.4. The average Bonchev–Trinajstić information content (AvgIpc) is 2.74. The van der Waals surface area contributed by atoms with E-state index >= 15 is 0 Å². The van der Waals surface area contributed by atoms with Gasteiger partial charge in [-0.25, -0.2) is 9.59 Å². The van der Waals surface area contributed by atoms with E-state index in [4.69, 9.17) is 13.9 Å². The van der Waals surface area contributed by atoms with Crippen LogP contribution in [0, 0.1) is 5.92 Å². The van der Waals surface area contributed by atoms with Gasteiger partial charge in [0.05, 0.1) is 0 Å². The van der Waals surface area contributed by atoms with Crippen LogP contribution in [0.2, 0.25) is 0 Å². The lowest BCUT2D eigenvalue weighted by Crippen LogP contribution is -2.46. The SMILES string of the molecule is CC(C)C[C@@H](NC(=O)OC(C)(C)C)C(=O)Oc1c(-c2ccc(O)c(O)c2)oc2cc(O)cc(O)c2c1=O. The fourth-order valence-corrected chi connectivity index (χ4v) is 3.52. The second kappa shape index (κ2) is 10.3. The topological polar surface area (TPSA) is 176 Å². The lowest BCUT2D eigenvalue weighted by atomic mass is 10.0. The molecule has 0 unspecified atom stereocenters. The Bertz CT molecular complexity index is 1400. The fourth-order valence-electron chi connectivity index (χ4n) is 3.52. The summed E-state index contributed by atoms with van der Waals surface area (Å²) in [6.07, 6.45) is -0.719. The van der Waals surface area contributed by atoms with Crippen LogP contribution in [0.15, 0.2) is 39.5 Å². The normalized spacial score (nSPS) is 12.4. The first-order valence-electron chi connectivity index (χ1n) is 11.4. The first-order chi connectivity index (χ1) is 17.2. The third-order valence-corrected chi connectivity index (χ3v) is 5.04. The van der Waals surface area contributed by atoms with Crippen molar-refractivity contribution >= 4 is 23.0 Å². The highest BCUT2D eigenvalue weighted by molar-refractivity contribution is 5.90. The highest BCUT2D eigenvalue weighted by atomic mass is 16.6. The van der Waals surface area contributed by atoms with Gasteiger partial charge in [0, 0.05) is 17.7 Å². The van der Waals surface area contributed by atoms with E-state index in [0.717, 1.165) is 24.3 Å². The average molecular weight is 516 g/mol. The number of aromatic hydroxyl groups is 4. The van der Waals surface area contributed by atoms with Gasteiger partial charge in [0.15, 0.2) is 17.3 Å². The maximum Gasteiger partial charge on any atom is 0.408 e. The molecule has 5 N–H and O–H groups in total. The number of nitrogens with one attached hydrogen (secondary N) is 1. The van der Waals surface area contributed by atoms with Crippen molar-refractivity contribution in [3.05, 3.63) is 40.6 Å². The van der Waals surface area contributed by atoms with E-state index in [9.17, 15) is 34.8 Å². The fraction of sp³-hybridized carbons (Fsp3) is 0.346. The molecule has 0 fully saturated rings. The van der Waals surface area contributed by atoms with Crippen LogP contribution in [0.25, 0.3) is 22.3 Å². The number of amides is 1. The molecule has 0 bridgehead atoms. The Morgan fingerprint density at radius 3 is 2.27 bits per heavy atom. The Balaban J connectivity index is 2.13. The second-order valence-corrected chi connectivity index (χ2v) is 9.88. The van der Waals surface area contributed by atoms with Crippen LogP contribution in [0.1, 0.15) is 41.0 Å². The van der Waals surface area contributed by atoms with Gasteiger partial charge >= 0.3 is 12.1 Å². The molecule has 0 radical (unpaired) electrons. The molecule has 0 aliphatic heterocycles. The zero-order valence-corrected chi connectivity index (χ0v) is 21.0. The Kier molecular flexibility index (Phi) is 7.56. The summed E-state index contributed by atoms with van der Waals surface area (Å²) in [7, 11) is 0. The number of carbonyl (C=O) groups is 2. The van der Waals surface area contributed by atoms with Gasteiger partial charge in [0.25, 0.3) is 0 Å². The number of fused-ring (bicyclic) bond motifs is 1. The van der Waals surface area contributed by atoms with Crippen molar-refractivity contribution < 1.29 is 43.9 Å². The molecule has 11 heteroatoms. The van der Waals surface area contributed by atoms with E-state index in [1.807, 2.05) is 13.8 Å². The quantitative estimate of drug-likeness (QED) is 0.237. The van der Waals surface area contributed by atoms with Crippen molar-refractivity contribution in [1.82, 2.24) is 5.32 Å². The number of hydrogen-bond acceptors (Lipinski definition) is 10. The van der Waals surface area contributed by atoms with Crippen LogP contribution in [-0.2, 0) is 9.53 Å². The highest BCUT2D eigenvalue weighted by Crippen LogP contribution is 2.38. The monoisotopic (exact) mass is 515 g/mol. The molecule has 3 rings (SSSR count). The number of hydrogen-bond donors (Lipinski definition) is 5. The number of phenols is 4. The Morgan fingerprint density at radius 1 is 1.00 bits per heavy atom. The molecule has 0 aliphatic rings. The molecule has 11 nitrogen and oxygen atoms in total. The predicted octanol–water partition coefficient (Wildman–Crippen LogP) is 4.13. The van der Waals surface area contributed by atoms with Crippen molar-refractivity contribution in [1.29, 1.82) is 0 Å². The van der Waals surface area contributed by atoms with Gasteiger partial charge in [-0.2, -0.15) is 0 Å². The molecule has 37 heavy (non-hydrogen) atoms. The van der Waals surface area contributed by atoms with E-state index in [1.54, 1.807) is 20.8 Å². The van der Waals surface area contributed by atoms with Crippen molar-refractivity contribution in [2.24, 2.45) is 5.92 Å². The molecule has 0 saturated carbocycles. The van der Waals surface area contributed by atoms with Gasteiger partial charge in [0.2, 0.25) is 11.2 Å². The second-order valence-electron chi connectivity index (χ2n) is 9.88. The summed E-state index contributed by atoms with van der Waals surface area (Å²) in [6, 6.07) is 4.29. The summed E-state index contributed by atoms with van der Waals surface area (Å²) >= 11 is 0. The maximum atomic E-state index is 13.4. The molecular formula is C26H29NO10. The van der Waals surface area contributed by atoms with Crippen LogP contribution in [0.4, 0.5) is 4.79 Å². The van der Waals surface area contributed by atoms with Gasteiger partial charge in [-0.1, -0.05) is 13.8 Å². The number of carbonyl (C=O) groups excluding carboxylic acids is 2. The number of rotatable bonds is 6. The van der Waals surface area contributed by atoms with Crippen molar-refractivity contribution in [2.45, 2.75) is 52.7 Å². The number of benzene rings is 2. The molecule has 1 aromatic heterocycles. The molecule has 0 spiro atoms. The third kappa shape index (κ3) is 6.43. The summed E-state index contributed by atoms with van der Waals surface area (Å²) in [5.41, 5.74) is -1.96. The summed E-state index contributed by atoms with van der Waals surface area (Å²) in [5, 5.41) is 41.9. The van der Waals surface area contributed by atoms with Crippen LogP contribution < -0.4 is 15.5 Å². The van der Waals surface area contributed by atoms with Crippen molar-refractivity contribution in [3.63, 3.8) is 0 Å². The summed E-state index contributed by atoms with van der Waals surface area (Å²) in [4.78, 5) is 39.0. The van der Waals surface area contributed by atoms with Gasteiger partial charge in [0.1, 0.15) is 34.1 Å². The molecule has 0 saturated heterocycles. The van der Waals surface area contributed by atoms with Gasteiger partial charge in [-0.3, -0.25) is 4.79 Å². The smallest absolute Gasteiger partial charge is 0.408 e. The number of esters is 1. The van der Waals surface area contributed by atoms with E-state index in [-0.39, 0.29) is 34.6 Å². The van der Waals surface area contributed by atoms with Crippen LogP contribution in [-0.4, -0.2) is 44.1 Å². The maximum absolute atomic E-state index is 13.4. The minimum absolute atomic E-state index is 0.0421. The van der Waals surface area contributed by atoms with E-state index in [0.29, 0.717) is 0 Å². The molecule has 1 heterocycles. The zero-order chi connectivity index (χ0) is 27.7. The molecular weight excluding hydrogens is 486 g/mol. The van der Waals surface area contributed by atoms with E-state index in [2.05, 4.69) is 5.32 Å². The molecule has 1 amide bonds. The minimum Gasteiger partial charge on any atom is -0.508 e. The van der Waals surface area contributed by atoms with Gasteiger partial charge < -0.3 is 39.6 Å². The van der Waals surface area contributed by atoms with Gasteiger partial charge in [-0.05, 0) is 51.3 Å². The molecule has 1 atom stereocenters. The van der Waals surface area contributed by atoms with Crippen molar-refractivity contribution in [2.75, 3.05) is 0 Å². The summed E-state index contributed by atoms with van der Waals surface area (Å²) in [6.45, 7) is 8.61. The number of alkyl carbamates (subject to hydrolysis) is 1. The molecule has 3 aromatic rings. The summed E-state index contributed by atoms with van der Waals surface area (Å²) < 4.78 is 16.4. The largest absolute Gasteiger partial charge is 0.508 e. The predicted molar refractivity (Wildman–Crippen MR) is 133 cm³/mol. The van der Waals surface area contributed by atoms with E-state index in [1.165, 1.54) is 6.07 Å². The van der Waals surface area contributed by atoms with Crippen LogP contribution in [0.3, 0.4) is 0 Å². The lowest BCUT2D eigenvalue weighted by Gasteiger charge is -2.23. The number of phenolic OH excluding ortho intramolecular Hbond substituents is 4. The zero-order valence-electron chi connectivity index (χ0n) is 21.0. The number of ether oxygens (including phenoxy) is 2. The van der Waals surface area contributed by atoms with Crippen LogP contribution in [0.5, 0.6) is 28.7 Å². The minimum atomic E-state index is -1.21. The Labute approximate surface area is 211 Å². The Morgan fingerprint density at radius 2 is 1.68 bits per heavy atom. The molecule has 2 aromatic carbocycles. The Hall–Kier alpha value is -4.41. The van der Waals surface area contributed by atoms with Gasteiger partial charge in [-0.15, -0.1) is 0 Å². The highest BCUT2D eigenvalue weighted by Gasteiger charge is 2.30.